The molecule has 8 nitrogen and oxygen atoms in total. The lowest BCUT2D eigenvalue weighted by Gasteiger charge is -2.32. The molecule has 11 heteroatoms. The van der Waals surface area contributed by atoms with Crippen LogP contribution in [0, 0.1) is 5.92 Å². The highest BCUT2D eigenvalue weighted by Crippen LogP contribution is 2.30. The molecule has 0 radical (unpaired) electrons. The lowest BCUT2D eigenvalue weighted by Crippen LogP contribution is -2.51. The molecule has 0 aromatic heterocycles. The van der Waals surface area contributed by atoms with E-state index in [1.165, 1.54) is 23.1 Å². The van der Waals surface area contributed by atoms with E-state index in [0.29, 0.717) is 17.3 Å². The zero-order chi connectivity index (χ0) is 26.3. The summed E-state index contributed by atoms with van der Waals surface area (Å²) in [4.78, 5) is 27.7. The van der Waals surface area contributed by atoms with Gasteiger partial charge in [0.25, 0.3) is 0 Å². The monoisotopic (exact) mass is 543 g/mol. The third-order valence-corrected chi connectivity index (χ3v) is 6.89. The number of halogens is 2. The molecule has 35 heavy (non-hydrogen) atoms. The van der Waals surface area contributed by atoms with E-state index in [1.54, 1.807) is 38.3 Å². The molecule has 0 aliphatic rings. The molecule has 0 fully saturated rings. The number of sulfonamides is 1. The van der Waals surface area contributed by atoms with Gasteiger partial charge < -0.3 is 15.0 Å². The molecule has 0 spiro atoms. The summed E-state index contributed by atoms with van der Waals surface area (Å²) in [5.74, 6) is -0.0277. The first-order chi connectivity index (χ1) is 16.3. The van der Waals surface area contributed by atoms with Gasteiger partial charge in [0.05, 0.1) is 24.1 Å². The van der Waals surface area contributed by atoms with Gasteiger partial charge in [-0.2, -0.15) is 0 Å². The van der Waals surface area contributed by atoms with Crippen molar-refractivity contribution in [3.05, 3.63) is 58.1 Å². The molecule has 1 N–H and O–H groups in total. The molecule has 0 saturated heterocycles. The number of ether oxygens (including phenoxy) is 1. The molecule has 2 amide bonds. The van der Waals surface area contributed by atoms with Gasteiger partial charge in [-0.25, -0.2) is 8.42 Å². The predicted molar refractivity (Wildman–Crippen MR) is 140 cm³/mol. The number of amides is 2. The van der Waals surface area contributed by atoms with E-state index in [2.05, 4.69) is 5.32 Å². The number of carbonyl (C=O) groups is 2. The summed E-state index contributed by atoms with van der Waals surface area (Å²) in [5.41, 5.74) is 0.867. The number of carbonyl (C=O) groups excluding carboxylic acids is 2. The molecular weight excluding hydrogens is 513 g/mol. The summed E-state index contributed by atoms with van der Waals surface area (Å²) in [6.07, 6.45) is 0.984. The van der Waals surface area contributed by atoms with E-state index >= 15 is 0 Å². The third kappa shape index (κ3) is 8.30. The first-order valence-electron chi connectivity index (χ1n) is 11.0. The van der Waals surface area contributed by atoms with Crippen LogP contribution in [0.2, 0.25) is 10.0 Å². The smallest absolute Gasteiger partial charge is 0.244 e. The topological polar surface area (TPSA) is 96.0 Å². The van der Waals surface area contributed by atoms with Gasteiger partial charge in [-0.15, -0.1) is 0 Å². The van der Waals surface area contributed by atoms with Crippen LogP contribution in [-0.4, -0.2) is 57.6 Å². The van der Waals surface area contributed by atoms with Gasteiger partial charge in [0.1, 0.15) is 18.3 Å². The molecule has 2 aromatic carbocycles. The highest BCUT2D eigenvalue weighted by molar-refractivity contribution is 7.92. The molecule has 0 heterocycles. The minimum absolute atomic E-state index is 0.0835. The number of nitrogens with zero attached hydrogens (tertiary/aromatic N) is 2. The van der Waals surface area contributed by atoms with Crippen molar-refractivity contribution in [1.29, 1.82) is 0 Å². The Kier molecular flexibility index (Phi) is 10.2. The average Bonchev–Trinajstić information content (AvgIpc) is 2.79. The van der Waals surface area contributed by atoms with Crippen molar-refractivity contribution in [3.63, 3.8) is 0 Å². The minimum Gasteiger partial charge on any atom is -0.497 e. The molecule has 2 aromatic rings. The number of nitrogens with one attached hydrogen (secondary N) is 1. The standard InChI is InChI=1S/C24H31Cl2N3O5S/c1-16(2)13-27-24(31)17(3)28(14-18-6-9-20(34-4)10-7-18)23(30)15-29(35(5,32)33)22-11-8-19(25)12-21(22)26/h6-12,16-17H,13-15H2,1-5H3,(H,27,31)/t17-/m0/s1. The molecule has 0 saturated carbocycles. The second-order valence-electron chi connectivity index (χ2n) is 8.55. The Morgan fingerprint density at radius 2 is 1.69 bits per heavy atom. The quantitative estimate of drug-likeness (QED) is 0.462. The molecule has 0 bridgehead atoms. The molecular formula is C24H31Cl2N3O5S. The molecule has 1 atom stereocenters. The summed E-state index contributed by atoms with van der Waals surface area (Å²) < 4.78 is 31.3. The van der Waals surface area contributed by atoms with Gasteiger partial charge in [0, 0.05) is 18.1 Å². The molecule has 192 valence electrons. The van der Waals surface area contributed by atoms with E-state index in [9.17, 15) is 18.0 Å². The van der Waals surface area contributed by atoms with E-state index in [4.69, 9.17) is 27.9 Å². The summed E-state index contributed by atoms with van der Waals surface area (Å²) in [5, 5.41) is 3.24. The first-order valence-corrected chi connectivity index (χ1v) is 13.6. The van der Waals surface area contributed by atoms with E-state index in [-0.39, 0.29) is 29.1 Å². The van der Waals surface area contributed by atoms with Crippen LogP contribution in [0.4, 0.5) is 5.69 Å². The van der Waals surface area contributed by atoms with Gasteiger partial charge in [-0.05, 0) is 48.7 Å². The predicted octanol–water partition coefficient (Wildman–Crippen LogP) is 3.96. The minimum atomic E-state index is -3.89. The Labute approximate surface area is 217 Å². The van der Waals surface area contributed by atoms with Gasteiger partial charge >= 0.3 is 0 Å². The van der Waals surface area contributed by atoms with Gasteiger partial charge in [-0.3, -0.25) is 13.9 Å². The van der Waals surface area contributed by atoms with Crippen LogP contribution in [0.1, 0.15) is 26.3 Å². The fourth-order valence-electron chi connectivity index (χ4n) is 3.24. The van der Waals surface area contributed by atoms with Crippen molar-refractivity contribution in [1.82, 2.24) is 10.2 Å². The maximum atomic E-state index is 13.5. The lowest BCUT2D eigenvalue weighted by molar-refractivity contribution is -0.139. The van der Waals surface area contributed by atoms with Crippen LogP contribution in [0.15, 0.2) is 42.5 Å². The fraction of sp³-hybridized carbons (Fsp3) is 0.417. The van der Waals surface area contributed by atoms with Crippen molar-refractivity contribution < 1.29 is 22.7 Å². The second-order valence-corrected chi connectivity index (χ2v) is 11.3. The number of benzene rings is 2. The Balaban J connectivity index is 2.39. The molecule has 0 aliphatic carbocycles. The Hall–Kier alpha value is -2.49. The largest absolute Gasteiger partial charge is 0.497 e. The second kappa shape index (κ2) is 12.5. The van der Waals surface area contributed by atoms with Crippen LogP contribution in [0.25, 0.3) is 0 Å². The summed E-state index contributed by atoms with van der Waals surface area (Å²) >= 11 is 12.2. The number of anilines is 1. The fourth-order valence-corrected chi connectivity index (χ4v) is 4.66. The third-order valence-electron chi connectivity index (χ3n) is 5.22. The normalized spacial score (nSPS) is 12.2. The van der Waals surface area contributed by atoms with Crippen molar-refractivity contribution in [2.45, 2.75) is 33.4 Å². The average molecular weight is 545 g/mol. The summed E-state index contributed by atoms with van der Waals surface area (Å²) in [6, 6.07) is 10.5. The Morgan fingerprint density at radius 3 is 2.20 bits per heavy atom. The highest BCUT2D eigenvalue weighted by Gasteiger charge is 2.30. The lowest BCUT2D eigenvalue weighted by atomic mass is 10.1. The summed E-state index contributed by atoms with van der Waals surface area (Å²) in [7, 11) is -2.34. The SMILES string of the molecule is COc1ccc(CN(C(=O)CN(c2ccc(Cl)cc2Cl)S(C)(=O)=O)[C@@H](C)C(=O)NCC(C)C)cc1. The number of methoxy groups -OCH3 is 1. The molecule has 2 rings (SSSR count). The van der Waals surface area contributed by atoms with Gasteiger partial charge in [-0.1, -0.05) is 49.2 Å². The van der Waals surface area contributed by atoms with E-state index in [0.717, 1.165) is 16.1 Å². The van der Waals surface area contributed by atoms with Crippen molar-refractivity contribution in [3.8, 4) is 5.75 Å². The zero-order valence-electron chi connectivity index (χ0n) is 20.4. The van der Waals surface area contributed by atoms with E-state index < -0.39 is 28.5 Å². The van der Waals surface area contributed by atoms with Crippen molar-refractivity contribution in [2.24, 2.45) is 5.92 Å². The summed E-state index contributed by atoms with van der Waals surface area (Å²) in [6.45, 7) is 5.53. The van der Waals surface area contributed by atoms with Crippen LogP contribution in [0.3, 0.4) is 0 Å². The van der Waals surface area contributed by atoms with Crippen LogP contribution < -0.4 is 14.4 Å². The Bertz CT molecular complexity index is 1140. The van der Waals surface area contributed by atoms with Crippen LogP contribution in [-0.2, 0) is 26.2 Å². The maximum Gasteiger partial charge on any atom is 0.244 e. The Morgan fingerprint density at radius 1 is 1.06 bits per heavy atom. The molecule has 0 aliphatic heterocycles. The first kappa shape index (κ1) is 28.7. The van der Waals surface area contributed by atoms with E-state index in [1.807, 2.05) is 13.8 Å². The molecule has 0 unspecified atom stereocenters. The van der Waals surface area contributed by atoms with Crippen LogP contribution in [0.5, 0.6) is 5.75 Å². The number of hydrogen-bond donors (Lipinski definition) is 1. The van der Waals surface area contributed by atoms with Crippen LogP contribution >= 0.6 is 23.2 Å². The van der Waals surface area contributed by atoms with Crippen molar-refractivity contribution >= 4 is 50.7 Å². The number of hydrogen-bond acceptors (Lipinski definition) is 5. The maximum absolute atomic E-state index is 13.5. The van der Waals surface area contributed by atoms with Gasteiger partial charge in [0.15, 0.2) is 0 Å². The zero-order valence-corrected chi connectivity index (χ0v) is 22.7. The highest BCUT2D eigenvalue weighted by atomic mass is 35.5. The van der Waals surface area contributed by atoms with Gasteiger partial charge in [0.2, 0.25) is 21.8 Å². The number of rotatable bonds is 11. The van der Waals surface area contributed by atoms with Crippen molar-refractivity contribution in [2.75, 3.05) is 30.8 Å².